The minimum atomic E-state index is -0.376. The van der Waals surface area contributed by atoms with Gasteiger partial charge < -0.3 is 0 Å². The largest absolute Gasteiger partial charge is 0.296 e. The quantitative estimate of drug-likeness (QED) is 0.518. The third-order valence-corrected chi connectivity index (χ3v) is 4.00. The predicted octanol–water partition coefficient (Wildman–Crippen LogP) is 4.65. The summed E-state index contributed by atoms with van der Waals surface area (Å²) < 4.78 is 0. The number of hydrogen-bond acceptors (Lipinski definition) is 3. The van der Waals surface area contributed by atoms with E-state index in [0.717, 1.165) is 31.4 Å². The zero-order chi connectivity index (χ0) is 15.1. The fraction of sp³-hybridized carbons (Fsp3) is 0.600. The van der Waals surface area contributed by atoms with Crippen molar-refractivity contribution in [2.75, 3.05) is 6.54 Å². The second-order valence-corrected chi connectivity index (χ2v) is 5.52. The van der Waals surface area contributed by atoms with Crippen LogP contribution in [0.25, 0.3) is 0 Å². The molecule has 0 bridgehead atoms. The lowest BCUT2D eigenvalue weighted by Gasteiger charge is -2.28. The summed E-state index contributed by atoms with van der Waals surface area (Å²) in [5.41, 5.74) is 0.932. The molecule has 0 saturated carbocycles. The van der Waals surface area contributed by atoms with Crippen LogP contribution in [0, 0.1) is 10.1 Å². The standard InChI is InChI=1S/C15H23ClN2O2/c1-4-6-9-17(12(3)5-2)11-13-10-14(18(19)20)7-8-15(13)16/h7-8,10,12H,4-6,9,11H2,1-3H3. The Hall–Kier alpha value is -1.13. The highest BCUT2D eigenvalue weighted by Crippen LogP contribution is 2.24. The van der Waals surface area contributed by atoms with Crippen molar-refractivity contribution in [3.05, 3.63) is 38.9 Å². The molecule has 0 aliphatic heterocycles. The number of nitrogens with zero attached hydrogens (tertiary/aromatic N) is 2. The van der Waals surface area contributed by atoms with Crippen LogP contribution in [0.3, 0.4) is 0 Å². The van der Waals surface area contributed by atoms with E-state index in [1.165, 1.54) is 6.07 Å². The maximum atomic E-state index is 10.9. The van der Waals surface area contributed by atoms with E-state index in [1.54, 1.807) is 12.1 Å². The molecular formula is C15H23ClN2O2. The number of hydrogen-bond donors (Lipinski definition) is 0. The van der Waals surface area contributed by atoms with Crippen molar-refractivity contribution in [1.29, 1.82) is 0 Å². The van der Waals surface area contributed by atoms with Crippen molar-refractivity contribution < 1.29 is 4.92 Å². The molecular weight excluding hydrogens is 276 g/mol. The van der Waals surface area contributed by atoms with Crippen LogP contribution in [-0.4, -0.2) is 22.4 Å². The first-order chi connectivity index (χ1) is 9.49. The molecule has 0 spiro atoms. The van der Waals surface area contributed by atoms with Gasteiger partial charge in [0.25, 0.3) is 5.69 Å². The first-order valence-electron chi connectivity index (χ1n) is 7.16. The van der Waals surface area contributed by atoms with E-state index in [2.05, 4.69) is 25.7 Å². The van der Waals surface area contributed by atoms with Gasteiger partial charge in [-0.3, -0.25) is 15.0 Å². The van der Waals surface area contributed by atoms with E-state index < -0.39 is 0 Å². The van der Waals surface area contributed by atoms with Crippen molar-refractivity contribution in [3.63, 3.8) is 0 Å². The summed E-state index contributed by atoms with van der Waals surface area (Å²) in [6.07, 6.45) is 3.31. The van der Waals surface area contributed by atoms with Gasteiger partial charge in [0.05, 0.1) is 4.92 Å². The average Bonchev–Trinajstić information content (AvgIpc) is 2.44. The minimum absolute atomic E-state index is 0.101. The van der Waals surface area contributed by atoms with E-state index in [0.29, 0.717) is 17.6 Å². The number of non-ortho nitro benzene ring substituents is 1. The summed E-state index contributed by atoms with van der Waals surface area (Å²) in [4.78, 5) is 12.8. The van der Waals surface area contributed by atoms with Crippen LogP contribution in [0.4, 0.5) is 5.69 Å². The summed E-state index contributed by atoms with van der Waals surface area (Å²) >= 11 is 6.18. The maximum absolute atomic E-state index is 10.9. The van der Waals surface area contributed by atoms with Crippen molar-refractivity contribution in [3.8, 4) is 0 Å². The molecule has 0 aliphatic carbocycles. The fourth-order valence-electron chi connectivity index (χ4n) is 2.09. The van der Waals surface area contributed by atoms with Gasteiger partial charge in [-0.1, -0.05) is 31.9 Å². The Morgan fingerprint density at radius 1 is 1.40 bits per heavy atom. The molecule has 5 heteroatoms. The first kappa shape index (κ1) is 16.9. The number of rotatable bonds is 8. The zero-order valence-electron chi connectivity index (χ0n) is 12.4. The van der Waals surface area contributed by atoms with Crippen LogP contribution in [0.1, 0.15) is 45.6 Å². The van der Waals surface area contributed by atoms with E-state index in [1.807, 2.05) is 0 Å². The molecule has 4 nitrogen and oxygen atoms in total. The Kier molecular flexibility index (Phi) is 6.96. The lowest BCUT2D eigenvalue weighted by atomic mass is 10.1. The molecule has 0 amide bonds. The average molecular weight is 299 g/mol. The lowest BCUT2D eigenvalue weighted by Crippen LogP contribution is -2.33. The highest BCUT2D eigenvalue weighted by molar-refractivity contribution is 6.31. The lowest BCUT2D eigenvalue weighted by molar-refractivity contribution is -0.384. The van der Waals surface area contributed by atoms with Crippen molar-refractivity contribution in [1.82, 2.24) is 4.90 Å². The molecule has 0 aliphatic rings. The van der Waals surface area contributed by atoms with Crippen molar-refractivity contribution in [2.24, 2.45) is 0 Å². The van der Waals surface area contributed by atoms with Crippen LogP contribution < -0.4 is 0 Å². The van der Waals surface area contributed by atoms with Gasteiger partial charge in [0.2, 0.25) is 0 Å². The van der Waals surface area contributed by atoms with E-state index >= 15 is 0 Å². The van der Waals surface area contributed by atoms with Crippen molar-refractivity contribution >= 4 is 17.3 Å². The Bertz CT molecular complexity index is 451. The molecule has 20 heavy (non-hydrogen) atoms. The third-order valence-electron chi connectivity index (χ3n) is 3.63. The molecule has 112 valence electrons. The molecule has 0 radical (unpaired) electrons. The molecule has 0 N–H and O–H groups in total. The number of unbranched alkanes of at least 4 members (excludes halogenated alkanes) is 1. The fourth-order valence-corrected chi connectivity index (χ4v) is 2.27. The molecule has 0 fully saturated rings. The summed E-state index contributed by atoms with van der Waals surface area (Å²) in [6.45, 7) is 8.15. The monoisotopic (exact) mass is 298 g/mol. The topological polar surface area (TPSA) is 46.4 Å². The second-order valence-electron chi connectivity index (χ2n) is 5.11. The Labute approximate surface area is 125 Å². The summed E-state index contributed by atoms with van der Waals surface area (Å²) in [7, 11) is 0. The molecule has 1 rings (SSSR count). The first-order valence-corrected chi connectivity index (χ1v) is 7.54. The molecule has 0 aromatic heterocycles. The molecule has 1 unspecified atom stereocenters. The Morgan fingerprint density at radius 3 is 2.65 bits per heavy atom. The smallest absolute Gasteiger partial charge is 0.269 e. The van der Waals surface area contributed by atoms with Crippen LogP contribution in [0.2, 0.25) is 5.02 Å². The van der Waals surface area contributed by atoms with Crippen LogP contribution >= 0.6 is 11.6 Å². The van der Waals surface area contributed by atoms with Gasteiger partial charge in [-0.05, 0) is 37.9 Å². The summed E-state index contributed by atoms with van der Waals surface area (Å²) in [6, 6.07) is 5.09. The number of benzene rings is 1. The SMILES string of the molecule is CCCCN(Cc1cc([N+](=O)[O-])ccc1Cl)C(C)CC. The minimum Gasteiger partial charge on any atom is -0.296 e. The van der Waals surface area contributed by atoms with E-state index in [9.17, 15) is 10.1 Å². The molecule has 1 aromatic carbocycles. The van der Waals surface area contributed by atoms with Gasteiger partial charge in [0, 0.05) is 29.7 Å². The van der Waals surface area contributed by atoms with Gasteiger partial charge in [-0.15, -0.1) is 0 Å². The Morgan fingerprint density at radius 2 is 2.10 bits per heavy atom. The van der Waals surface area contributed by atoms with Crippen LogP contribution in [-0.2, 0) is 6.54 Å². The van der Waals surface area contributed by atoms with Crippen LogP contribution in [0.5, 0.6) is 0 Å². The molecule has 1 aromatic rings. The third kappa shape index (κ3) is 4.76. The summed E-state index contributed by atoms with van der Waals surface area (Å²) in [5, 5.41) is 11.5. The molecule has 1 atom stereocenters. The second kappa shape index (κ2) is 8.22. The van der Waals surface area contributed by atoms with E-state index in [4.69, 9.17) is 11.6 Å². The van der Waals surface area contributed by atoms with Crippen molar-refractivity contribution in [2.45, 2.75) is 52.6 Å². The van der Waals surface area contributed by atoms with Gasteiger partial charge in [0.15, 0.2) is 0 Å². The predicted molar refractivity (Wildman–Crippen MR) is 83.2 cm³/mol. The Balaban J connectivity index is 2.91. The number of halogens is 1. The normalized spacial score (nSPS) is 12.7. The highest BCUT2D eigenvalue weighted by atomic mass is 35.5. The zero-order valence-corrected chi connectivity index (χ0v) is 13.2. The van der Waals surface area contributed by atoms with Crippen LogP contribution in [0.15, 0.2) is 18.2 Å². The number of nitro groups is 1. The van der Waals surface area contributed by atoms with Gasteiger partial charge in [-0.2, -0.15) is 0 Å². The van der Waals surface area contributed by atoms with Gasteiger partial charge >= 0.3 is 0 Å². The van der Waals surface area contributed by atoms with Gasteiger partial charge in [-0.25, -0.2) is 0 Å². The van der Waals surface area contributed by atoms with E-state index in [-0.39, 0.29) is 10.6 Å². The number of nitro benzene ring substituents is 1. The maximum Gasteiger partial charge on any atom is 0.269 e. The molecule has 0 heterocycles. The molecule has 0 saturated heterocycles. The highest BCUT2D eigenvalue weighted by Gasteiger charge is 2.16. The van der Waals surface area contributed by atoms with Gasteiger partial charge in [0.1, 0.15) is 0 Å². The summed E-state index contributed by atoms with van der Waals surface area (Å²) in [5.74, 6) is 0.